The number of carbonyl (C=O) groups excluding carboxylic acids is 1. The third-order valence-electron chi connectivity index (χ3n) is 3.47. The molecule has 0 saturated carbocycles. The topological polar surface area (TPSA) is 41.1 Å². The van der Waals surface area contributed by atoms with Crippen LogP contribution in [0.1, 0.15) is 18.1 Å². The number of benzene rings is 1. The van der Waals surface area contributed by atoms with Gasteiger partial charge in [0.15, 0.2) is 0 Å². The van der Waals surface area contributed by atoms with Crippen molar-refractivity contribution in [2.45, 2.75) is 25.9 Å². The molecule has 1 aromatic rings. The summed E-state index contributed by atoms with van der Waals surface area (Å²) >= 11 is 1.82. The highest BCUT2D eigenvalue weighted by Crippen LogP contribution is 2.16. The summed E-state index contributed by atoms with van der Waals surface area (Å²) in [5.74, 6) is 1.73. The SMILES string of the molecule is CSCC(C)CNC(=O)C1Cc2ccccc2CN1. The molecule has 0 aromatic heterocycles. The maximum atomic E-state index is 12.1. The second kappa shape index (κ2) is 6.96. The van der Waals surface area contributed by atoms with E-state index in [9.17, 15) is 4.79 Å². The second-order valence-electron chi connectivity index (χ2n) is 5.21. The van der Waals surface area contributed by atoms with Gasteiger partial charge in [-0.15, -0.1) is 0 Å². The number of carbonyl (C=O) groups is 1. The van der Waals surface area contributed by atoms with Crippen LogP contribution >= 0.6 is 11.8 Å². The Kier molecular flexibility index (Phi) is 5.28. The lowest BCUT2D eigenvalue weighted by Gasteiger charge is -2.25. The van der Waals surface area contributed by atoms with Crippen molar-refractivity contribution in [1.82, 2.24) is 10.6 Å². The minimum Gasteiger partial charge on any atom is -0.354 e. The average Bonchev–Trinajstić information content (AvgIpc) is 2.44. The van der Waals surface area contributed by atoms with Gasteiger partial charge in [0.25, 0.3) is 0 Å². The maximum Gasteiger partial charge on any atom is 0.237 e. The summed E-state index contributed by atoms with van der Waals surface area (Å²) in [6.07, 6.45) is 2.89. The van der Waals surface area contributed by atoms with Crippen molar-refractivity contribution in [2.75, 3.05) is 18.6 Å². The molecule has 0 aliphatic carbocycles. The zero-order valence-corrected chi connectivity index (χ0v) is 12.4. The van der Waals surface area contributed by atoms with Crippen molar-refractivity contribution < 1.29 is 4.79 Å². The van der Waals surface area contributed by atoms with Crippen LogP contribution in [0.2, 0.25) is 0 Å². The Balaban J connectivity index is 1.85. The summed E-state index contributed by atoms with van der Waals surface area (Å²) in [7, 11) is 0. The molecule has 0 radical (unpaired) electrons. The fraction of sp³-hybridized carbons (Fsp3) is 0.533. The maximum absolute atomic E-state index is 12.1. The molecule has 1 amide bonds. The fourth-order valence-electron chi connectivity index (χ4n) is 2.38. The molecule has 2 N–H and O–H groups in total. The van der Waals surface area contributed by atoms with Gasteiger partial charge >= 0.3 is 0 Å². The van der Waals surface area contributed by atoms with E-state index in [1.807, 2.05) is 23.9 Å². The molecule has 1 aromatic carbocycles. The highest BCUT2D eigenvalue weighted by Gasteiger charge is 2.23. The van der Waals surface area contributed by atoms with Crippen LogP contribution in [0.3, 0.4) is 0 Å². The minimum atomic E-state index is -0.0867. The largest absolute Gasteiger partial charge is 0.354 e. The van der Waals surface area contributed by atoms with E-state index in [4.69, 9.17) is 0 Å². The standard InChI is InChI=1S/C15H22N2OS/c1-11(10-19-2)8-17-15(18)14-7-12-5-3-4-6-13(12)9-16-14/h3-6,11,14,16H,7-10H2,1-2H3,(H,17,18). The lowest BCUT2D eigenvalue weighted by molar-refractivity contribution is -0.123. The smallest absolute Gasteiger partial charge is 0.237 e. The van der Waals surface area contributed by atoms with E-state index >= 15 is 0 Å². The molecule has 1 heterocycles. The summed E-state index contributed by atoms with van der Waals surface area (Å²) in [5, 5.41) is 6.37. The van der Waals surface area contributed by atoms with Crippen molar-refractivity contribution in [3.05, 3.63) is 35.4 Å². The van der Waals surface area contributed by atoms with E-state index < -0.39 is 0 Å². The summed E-state index contributed by atoms with van der Waals surface area (Å²) in [6.45, 7) is 3.72. The average molecular weight is 278 g/mol. The van der Waals surface area contributed by atoms with Crippen LogP contribution in [0.15, 0.2) is 24.3 Å². The fourth-order valence-corrected chi connectivity index (χ4v) is 3.07. The lowest BCUT2D eigenvalue weighted by atomic mass is 9.95. The van der Waals surface area contributed by atoms with Crippen LogP contribution in [0.4, 0.5) is 0 Å². The molecular weight excluding hydrogens is 256 g/mol. The minimum absolute atomic E-state index is 0.0867. The molecule has 0 fully saturated rings. The molecule has 0 spiro atoms. The molecule has 3 nitrogen and oxygen atoms in total. The van der Waals surface area contributed by atoms with Crippen molar-refractivity contribution in [1.29, 1.82) is 0 Å². The van der Waals surface area contributed by atoms with Gasteiger partial charge in [-0.05, 0) is 35.5 Å². The van der Waals surface area contributed by atoms with Gasteiger partial charge in [-0.1, -0.05) is 31.2 Å². The number of thioether (sulfide) groups is 1. The van der Waals surface area contributed by atoms with Crippen molar-refractivity contribution >= 4 is 17.7 Å². The number of hydrogen-bond donors (Lipinski definition) is 2. The van der Waals surface area contributed by atoms with Crippen LogP contribution in [0, 0.1) is 5.92 Å². The summed E-state index contributed by atoms with van der Waals surface area (Å²) in [6, 6.07) is 8.24. The van der Waals surface area contributed by atoms with Gasteiger partial charge in [0.2, 0.25) is 5.91 Å². The molecule has 4 heteroatoms. The Morgan fingerprint density at radius 3 is 2.95 bits per heavy atom. The first-order valence-electron chi connectivity index (χ1n) is 6.77. The van der Waals surface area contributed by atoms with Gasteiger partial charge in [-0.25, -0.2) is 0 Å². The van der Waals surface area contributed by atoms with Crippen LogP contribution in [-0.2, 0) is 17.8 Å². The third-order valence-corrected chi connectivity index (χ3v) is 4.38. The van der Waals surface area contributed by atoms with Crippen LogP contribution in [0.25, 0.3) is 0 Å². The number of amides is 1. The van der Waals surface area contributed by atoms with Crippen molar-refractivity contribution in [3.63, 3.8) is 0 Å². The second-order valence-corrected chi connectivity index (χ2v) is 6.12. The molecule has 2 rings (SSSR count). The van der Waals surface area contributed by atoms with Crippen molar-refractivity contribution in [3.8, 4) is 0 Å². The Hall–Kier alpha value is -1.00. The monoisotopic (exact) mass is 278 g/mol. The van der Waals surface area contributed by atoms with Gasteiger partial charge in [0, 0.05) is 13.1 Å². The molecule has 104 valence electrons. The normalized spacial score (nSPS) is 19.6. The molecule has 1 aliphatic rings. The first kappa shape index (κ1) is 14.4. The number of rotatable bonds is 5. The first-order chi connectivity index (χ1) is 9.20. The Morgan fingerprint density at radius 2 is 2.21 bits per heavy atom. The van der Waals surface area contributed by atoms with Crippen LogP contribution in [-0.4, -0.2) is 30.5 Å². The predicted octanol–water partition coefficient (Wildman–Crippen LogP) is 1.82. The highest BCUT2D eigenvalue weighted by atomic mass is 32.2. The zero-order chi connectivity index (χ0) is 13.7. The predicted molar refractivity (Wildman–Crippen MR) is 81.3 cm³/mol. The first-order valence-corrected chi connectivity index (χ1v) is 8.17. The van der Waals surface area contributed by atoms with Gasteiger partial charge < -0.3 is 10.6 Å². The van der Waals surface area contributed by atoms with Crippen LogP contribution < -0.4 is 10.6 Å². The van der Waals surface area contributed by atoms with E-state index in [1.54, 1.807) is 0 Å². The van der Waals surface area contributed by atoms with Gasteiger partial charge in [-0.3, -0.25) is 4.79 Å². The lowest BCUT2D eigenvalue weighted by Crippen LogP contribution is -2.48. The molecule has 0 bridgehead atoms. The number of nitrogens with one attached hydrogen (secondary N) is 2. The van der Waals surface area contributed by atoms with Gasteiger partial charge in [-0.2, -0.15) is 11.8 Å². The van der Waals surface area contributed by atoms with Gasteiger partial charge in [0.1, 0.15) is 0 Å². The van der Waals surface area contributed by atoms with E-state index in [2.05, 4.69) is 35.9 Å². The summed E-state index contributed by atoms with van der Waals surface area (Å²) in [4.78, 5) is 12.1. The quantitative estimate of drug-likeness (QED) is 0.863. The van der Waals surface area contributed by atoms with Crippen molar-refractivity contribution in [2.24, 2.45) is 5.92 Å². The Morgan fingerprint density at radius 1 is 1.47 bits per heavy atom. The van der Waals surface area contributed by atoms with Gasteiger partial charge in [0.05, 0.1) is 6.04 Å². The summed E-state index contributed by atoms with van der Waals surface area (Å²) < 4.78 is 0. The van der Waals surface area contributed by atoms with Crippen LogP contribution in [0.5, 0.6) is 0 Å². The number of fused-ring (bicyclic) bond motifs is 1. The van der Waals surface area contributed by atoms with E-state index in [1.165, 1.54) is 11.1 Å². The molecule has 19 heavy (non-hydrogen) atoms. The molecule has 2 unspecified atom stereocenters. The Labute approximate surface area is 119 Å². The molecular formula is C15H22N2OS. The Bertz CT molecular complexity index is 436. The molecule has 2 atom stereocenters. The highest BCUT2D eigenvalue weighted by molar-refractivity contribution is 7.98. The molecule has 1 aliphatic heterocycles. The zero-order valence-electron chi connectivity index (χ0n) is 11.6. The summed E-state index contributed by atoms with van der Waals surface area (Å²) in [5.41, 5.74) is 2.60. The molecule has 0 saturated heterocycles. The van der Waals surface area contributed by atoms with E-state index in [-0.39, 0.29) is 11.9 Å². The third kappa shape index (κ3) is 3.98. The number of hydrogen-bond acceptors (Lipinski definition) is 3. The van der Waals surface area contributed by atoms with E-state index in [0.29, 0.717) is 5.92 Å². The van der Waals surface area contributed by atoms with E-state index in [0.717, 1.165) is 25.3 Å².